The summed E-state index contributed by atoms with van der Waals surface area (Å²) < 4.78 is 5.21. The molecule has 2 heterocycles. The molecule has 0 saturated heterocycles. The third-order valence-electron chi connectivity index (χ3n) is 2.54. The number of aromatic nitrogens is 2. The van der Waals surface area contributed by atoms with Crippen LogP contribution in [0.25, 0.3) is 0 Å². The maximum atomic E-state index is 10.6. The molecule has 2 rings (SSSR count). The van der Waals surface area contributed by atoms with Gasteiger partial charge in [-0.1, -0.05) is 6.92 Å². The maximum absolute atomic E-state index is 10.6. The standard InChI is InChI=1S/C11H14N4O3/c1-2-12-8(7-10-13-5-6-14-10)9-3-4-11(18-9)15(16)17/h3-6,8,12H,2,7H2,1H3,(H,13,14). The normalized spacial score (nSPS) is 12.5. The van der Waals surface area contributed by atoms with Crippen molar-refractivity contribution < 1.29 is 9.34 Å². The van der Waals surface area contributed by atoms with Crippen molar-refractivity contribution in [3.8, 4) is 0 Å². The molecule has 18 heavy (non-hydrogen) atoms. The summed E-state index contributed by atoms with van der Waals surface area (Å²) in [7, 11) is 0. The van der Waals surface area contributed by atoms with E-state index < -0.39 is 4.92 Å². The summed E-state index contributed by atoms with van der Waals surface area (Å²) in [6.45, 7) is 2.70. The van der Waals surface area contributed by atoms with Crippen LogP contribution < -0.4 is 5.32 Å². The Hall–Kier alpha value is -2.15. The van der Waals surface area contributed by atoms with E-state index in [4.69, 9.17) is 4.42 Å². The zero-order chi connectivity index (χ0) is 13.0. The predicted molar refractivity (Wildman–Crippen MR) is 64.1 cm³/mol. The van der Waals surface area contributed by atoms with E-state index in [1.165, 1.54) is 6.07 Å². The third-order valence-corrected chi connectivity index (χ3v) is 2.54. The predicted octanol–water partition coefficient (Wildman–Crippen LogP) is 1.80. The summed E-state index contributed by atoms with van der Waals surface area (Å²) >= 11 is 0. The molecule has 0 amide bonds. The average molecular weight is 250 g/mol. The second kappa shape index (κ2) is 5.46. The molecule has 0 fully saturated rings. The van der Waals surface area contributed by atoms with Gasteiger partial charge in [-0.05, 0) is 12.6 Å². The number of likely N-dealkylation sites (N-methyl/N-ethyl adjacent to an activating group) is 1. The molecule has 0 aliphatic rings. The van der Waals surface area contributed by atoms with E-state index in [1.807, 2.05) is 6.92 Å². The molecule has 0 radical (unpaired) electrons. The molecule has 0 saturated carbocycles. The molecule has 0 spiro atoms. The summed E-state index contributed by atoms with van der Waals surface area (Å²) in [6.07, 6.45) is 4.00. The van der Waals surface area contributed by atoms with Gasteiger partial charge in [0.1, 0.15) is 16.5 Å². The van der Waals surface area contributed by atoms with Gasteiger partial charge >= 0.3 is 5.88 Å². The van der Waals surface area contributed by atoms with Crippen LogP contribution in [0.4, 0.5) is 5.88 Å². The summed E-state index contributed by atoms with van der Waals surface area (Å²) in [5.74, 6) is 1.10. The summed E-state index contributed by atoms with van der Waals surface area (Å²) in [5.41, 5.74) is 0. The Labute approximate surface area is 103 Å². The number of nitrogens with zero attached hydrogens (tertiary/aromatic N) is 2. The van der Waals surface area contributed by atoms with Crippen LogP contribution in [0, 0.1) is 10.1 Å². The number of nitro groups is 1. The van der Waals surface area contributed by atoms with E-state index in [0.29, 0.717) is 12.2 Å². The Morgan fingerprint density at radius 1 is 1.61 bits per heavy atom. The van der Waals surface area contributed by atoms with Crippen molar-refractivity contribution in [2.45, 2.75) is 19.4 Å². The third kappa shape index (κ3) is 2.75. The van der Waals surface area contributed by atoms with Gasteiger partial charge in [0.05, 0.1) is 12.1 Å². The Bertz CT molecular complexity index is 506. The van der Waals surface area contributed by atoms with Crippen molar-refractivity contribution in [1.82, 2.24) is 15.3 Å². The van der Waals surface area contributed by atoms with E-state index >= 15 is 0 Å². The lowest BCUT2D eigenvalue weighted by Crippen LogP contribution is -2.22. The van der Waals surface area contributed by atoms with E-state index in [-0.39, 0.29) is 11.9 Å². The van der Waals surface area contributed by atoms with Crippen molar-refractivity contribution in [2.75, 3.05) is 6.54 Å². The van der Waals surface area contributed by atoms with Crippen LogP contribution in [0.15, 0.2) is 28.9 Å². The quantitative estimate of drug-likeness (QED) is 0.602. The highest BCUT2D eigenvalue weighted by Crippen LogP contribution is 2.23. The highest BCUT2D eigenvalue weighted by atomic mass is 16.6. The van der Waals surface area contributed by atoms with Gasteiger partial charge in [0.25, 0.3) is 0 Å². The second-order valence-electron chi connectivity index (χ2n) is 3.78. The molecule has 0 bridgehead atoms. The van der Waals surface area contributed by atoms with E-state index in [9.17, 15) is 10.1 Å². The summed E-state index contributed by atoms with van der Waals surface area (Å²) in [4.78, 5) is 17.2. The zero-order valence-electron chi connectivity index (χ0n) is 9.92. The summed E-state index contributed by atoms with van der Waals surface area (Å²) in [5, 5.41) is 13.8. The van der Waals surface area contributed by atoms with Crippen molar-refractivity contribution in [3.63, 3.8) is 0 Å². The molecule has 7 nitrogen and oxygen atoms in total. The lowest BCUT2D eigenvalue weighted by molar-refractivity contribution is -0.402. The molecule has 0 aromatic carbocycles. The molecule has 0 aliphatic carbocycles. The Kier molecular flexibility index (Phi) is 3.73. The lowest BCUT2D eigenvalue weighted by atomic mass is 10.1. The van der Waals surface area contributed by atoms with Crippen molar-refractivity contribution >= 4 is 5.88 Å². The smallest absolute Gasteiger partial charge is 0.404 e. The minimum atomic E-state index is -0.542. The number of hydrogen-bond acceptors (Lipinski definition) is 5. The fourth-order valence-corrected chi connectivity index (χ4v) is 1.75. The number of nitrogens with one attached hydrogen (secondary N) is 2. The number of H-pyrrole nitrogens is 1. The zero-order valence-corrected chi connectivity index (χ0v) is 9.92. The highest BCUT2D eigenvalue weighted by molar-refractivity contribution is 5.20. The molecule has 1 unspecified atom stereocenters. The Morgan fingerprint density at radius 3 is 3.00 bits per heavy atom. The molecule has 0 aliphatic heterocycles. The number of imidazole rings is 1. The number of rotatable bonds is 6. The Balaban J connectivity index is 2.15. The van der Waals surface area contributed by atoms with Crippen LogP contribution in [0.2, 0.25) is 0 Å². The van der Waals surface area contributed by atoms with Gasteiger partial charge in [-0.2, -0.15) is 0 Å². The van der Waals surface area contributed by atoms with Crippen molar-refractivity contribution in [3.05, 3.63) is 46.2 Å². The van der Waals surface area contributed by atoms with Crippen LogP contribution in [0.1, 0.15) is 24.6 Å². The molecule has 7 heteroatoms. The largest absolute Gasteiger partial charge is 0.433 e. The van der Waals surface area contributed by atoms with E-state index in [1.54, 1.807) is 18.5 Å². The van der Waals surface area contributed by atoms with Crippen LogP contribution in [-0.2, 0) is 6.42 Å². The van der Waals surface area contributed by atoms with Crippen molar-refractivity contribution in [1.29, 1.82) is 0 Å². The minimum Gasteiger partial charge on any atom is -0.404 e. The fraction of sp³-hybridized carbons (Fsp3) is 0.364. The van der Waals surface area contributed by atoms with Gasteiger partial charge in [-0.25, -0.2) is 4.98 Å². The molecular weight excluding hydrogens is 236 g/mol. The topological polar surface area (TPSA) is 97.0 Å². The first-order chi connectivity index (χ1) is 8.70. The number of furan rings is 1. The average Bonchev–Trinajstić information content (AvgIpc) is 2.99. The highest BCUT2D eigenvalue weighted by Gasteiger charge is 2.20. The first-order valence-corrected chi connectivity index (χ1v) is 5.66. The van der Waals surface area contributed by atoms with E-state index in [0.717, 1.165) is 12.4 Å². The lowest BCUT2D eigenvalue weighted by Gasteiger charge is -2.13. The molecule has 1 atom stereocenters. The van der Waals surface area contributed by atoms with Crippen LogP contribution in [0.3, 0.4) is 0 Å². The maximum Gasteiger partial charge on any atom is 0.433 e. The second-order valence-corrected chi connectivity index (χ2v) is 3.78. The fourth-order valence-electron chi connectivity index (χ4n) is 1.75. The van der Waals surface area contributed by atoms with Gasteiger partial charge in [0.2, 0.25) is 0 Å². The molecule has 2 aromatic heterocycles. The number of hydrogen-bond donors (Lipinski definition) is 2. The minimum absolute atomic E-state index is 0.130. The first kappa shape index (κ1) is 12.3. The molecule has 2 N–H and O–H groups in total. The van der Waals surface area contributed by atoms with Crippen molar-refractivity contribution in [2.24, 2.45) is 0 Å². The Morgan fingerprint density at radius 2 is 2.44 bits per heavy atom. The van der Waals surface area contributed by atoms with Crippen LogP contribution >= 0.6 is 0 Å². The molecule has 2 aromatic rings. The van der Waals surface area contributed by atoms with Gasteiger partial charge in [0.15, 0.2) is 0 Å². The van der Waals surface area contributed by atoms with Gasteiger partial charge in [-0.15, -0.1) is 0 Å². The molecular formula is C11H14N4O3. The summed E-state index contributed by atoms with van der Waals surface area (Å²) in [6, 6.07) is 2.85. The monoisotopic (exact) mass is 250 g/mol. The van der Waals surface area contributed by atoms with Crippen LogP contribution in [0.5, 0.6) is 0 Å². The number of aromatic amines is 1. The molecule has 96 valence electrons. The van der Waals surface area contributed by atoms with Gasteiger partial charge < -0.3 is 14.7 Å². The first-order valence-electron chi connectivity index (χ1n) is 5.66. The van der Waals surface area contributed by atoms with Crippen LogP contribution in [-0.4, -0.2) is 21.4 Å². The SMILES string of the molecule is CCNC(Cc1ncc[nH]1)c1ccc([N+](=O)[O-])o1. The van der Waals surface area contributed by atoms with Gasteiger partial charge in [-0.3, -0.25) is 10.1 Å². The van der Waals surface area contributed by atoms with Gasteiger partial charge in [0, 0.05) is 18.8 Å². The van der Waals surface area contributed by atoms with E-state index in [2.05, 4.69) is 15.3 Å².